The van der Waals surface area contributed by atoms with Gasteiger partial charge in [-0.1, -0.05) is 29.8 Å². The van der Waals surface area contributed by atoms with Crippen molar-refractivity contribution in [2.45, 2.75) is 20.3 Å². The molecule has 3 aromatic rings. The number of hydrogen-bond acceptors (Lipinski definition) is 4. The molecule has 3 rings (SSSR count). The molecule has 2 heterocycles. The Labute approximate surface area is 174 Å². The van der Waals surface area contributed by atoms with E-state index in [1.165, 1.54) is 0 Å². The predicted octanol–water partition coefficient (Wildman–Crippen LogP) is 3.86. The number of rotatable bonds is 8. The van der Waals surface area contributed by atoms with E-state index in [9.17, 15) is 4.79 Å². The maximum absolute atomic E-state index is 13.0. The Balaban J connectivity index is 1.87. The van der Waals surface area contributed by atoms with Gasteiger partial charge in [0.05, 0.1) is 11.1 Å². The zero-order chi connectivity index (χ0) is 20.1. The largest absolute Gasteiger partial charge is 0.352 e. The summed E-state index contributed by atoms with van der Waals surface area (Å²) in [4.78, 5) is 24.4. The van der Waals surface area contributed by atoms with Gasteiger partial charge in [0, 0.05) is 35.8 Å². The molecule has 7 heteroatoms. The minimum Gasteiger partial charge on any atom is -0.352 e. The van der Waals surface area contributed by atoms with Crippen LogP contribution in [-0.2, 0) is 7.05 Å². The van der Waals surface area contributed by atoms with Crippen molar-refractivity contribution in [2.24, 2.45) is 7.05 Å². The molecular weight excluding hydrogens is 418 g/mol. The molecule has 2 aromatic heterocycles. The van der Waals surface area contributed by atoms with Crippen molar-refractivity contribution in [3.05, 3.63) is 46.7 Å². The van der Waals surface area contributed by atoms with Crippen molar-refractivity contribution >= 4 is 32.7 Å². The molecule has 6 nitrogen and oxygen atoms in total. The molecule has 0 aliphatic heterocycles. The molecule has 1 amide bonds. The molecule has 0 spiro atoms. The lowest BCUT2D eigenvalue weighted by atomic mass is 10.1. The van der Waals surface area contributed by atoms with Crippen LogP contribution in [0.4, 0.5) is 0 Å². The third-order valence-electron chi connectivity index (χ3n) is 4.90. The Hall–Kier alpha value is -2.25. The number of halogens is 1. The van der Waals surface area contributed by atoms with Gasteiger partial charge in [0.2, 0.25) is 0 Å². The minimum absolute atomic E-state index is 0.0829. The standard InChI is InChI=1S/C21H26BrN5O/c1-4-27(5-2)11-6-9-24-21(28)17-14-19(20-23-10-12-26(20)3)25-18-8-7-15(22)13-16(17)18/h7-8,10,12-14H,4-6,9,11H2,1-3H3,(H,24,28). The molecule has 0 saturated carbocycles. The second-order valence-electron chi connectivity index (χ2n) is 6.71. The van der Waals surface area contributed by atoms with E-state index in [1.807, 2.05) is 42.1 Å². The predicted molar refractivity (Wildman–Crippen MR) is 116 cm³/mol. The summed E-state index contributed by atoms with van der Waals surface area (Å²) in [5, 5.41) is 3.89. The molecule has 0 atom stereocenters. The number of hydrogen-bond donors (Lipinski definition) is 1. The van der Waals surface area contributed by atoms with Crippen molar-refractivity contribution in [2.75, 3.05) is 26.2 Å². The summed E-state index contributed by atoms with van der Waals surface area (Å²) < 4.78 is 2.82. The summed E-state index contributed by atoms with van der Waals surface area (Å²) in [6.45, 7) is 7.99. The van der Waals surface area contributed by atoms with Crippen LogP contribution in [0.1, 0.15) is 30.6 Å². The average molecular weight is 444 g/mol. The molecule has 0 saturated heterocycles. The van der Waals surface area contributed by atoms with Crippen LogP contribution in [0.5, 0.6) is 0 Å². The highest BCUT2D eigenvalue weighted by Crippen LogP contribution is 2.26. The topological polar surface area (TPSA) is 63.1 Å². The first-order valence-corrected chi connectivity index (χ1v) is 10.4. The molecule has 0 bridgehead atoms. The summed E-state index contributed by atoms with van der Waals surface area (Å²) in [7, 11) is 1.92. The van der Waals surface area contributed by atoms with E-state index in [0.29, 0.717) is 17.8 Å². The molecule has 28 heavy (non-hydrogen) atoms. The number of pyridine rings is 1. The zero-order valence-corrected chi connectivity index (χ0v) is 18.2. The van der Waals surface area contributed by atoms with Crippen LogP contribution in [0.15, 0.2) is 41.1 Å². The van der Waals surface area contributed by atoms with Crippen LogP contribution in [0.3, 0.4) is 0 Å². The van der Waals surface area contributed by atoms with Gasteiger partial charge < -0.3 is 14.8 Å². The second-order valence-corrected chi connectivity index (χ2v) is 7.63. The first-order valence-electron chi connectivity index (χ1n) is 9.62. The van der Waals surface area contributed by atoms with Crippen molar-refractivity contribution in [3.63, 3.8) is 0 Å². The van der Waals surface area contributed by atoms with E-state index in [-0.39, 0.29) is 5.91 Å². The molecular formula is C21H26BrN5O. The van der Waals surface area contributed by atoms with E-state index in [2.05, 4.69) is 45.0 Å². The zero-order valence-electron chi connectivity index (χ0n) is 16.6. The number of aryl methyl sites for hydroxylation is 1. The molecule has 148 valence electrons. The van der Waals surface area contributed by atoms with Crippen molar-refractivity contribution in [1.29, 1.82) is 0 Å². The molecule has 1 N–H and O–H groups in total. The molecule has 1 aromatic carbocycles. The highest BCUT2D eigenvalue weighted by atomic mass is 79.9. The Morgan fingerprint density at radius 2 is 2.04 bits per heavy atom. The fourth-order valence-electron chi connectivity index (χ4n) is 3.25. The van der Waals surface area contributed by atoms with E-state index in [1.54, 1.807) is 6.20 Å². The van der Waals surface area contributed by atoms with E-state index < -0.39 is 0 Å². The maximum Gasteiger partial charge on any atom is 0.252 e. The van der Waals surface area contributed by atoms with Gasteiger partial charge in [0.1, 0.15) is 5.69 Å². The summed E-state index contributed by atoms with van der Waals surface area (Å²) >= 11 is 3.50. The number of fused-ring (bicyclic) bond motifs is 1. The second kappa shape index (κ2) is 9.30. The Morgan fingerprint density at radius 1 is 1.25 bits per heavy atom. The van der Waals surface area contributed by atoms with Crippen LogP contribution in [0.2, 0.25) is 0 Å². The van der Waals surface area contributed by atoms with Gasteiger partial charge in [-0.2, -0.15) is 0 Å². The third kappa shape index (κ3) is 4.59. The fraction of sp³-hybridized carbons (Fsp3) is 0.381. The van der Waals surface area contributed by atoms with Crippen LogP contribution in [0, 0.1) is 0 Å². The Kier molecular flexibility index (Phi) is 6.80. The average Bonchev–Trinajstić information content (AvgIpc) is 3.13. The first-order chi connectivity index (χ1) is 13.5. The number of benzene rings is 1. The number of carbonyl (C=O) groups is 1. The SMILES string of the molecule is CCN(CC)CCCNC(=O)c1cc(-c2nccn2C)nc2ccc(Br)cc12. The van der Waals surface area contributed by atoms with E-state index in [4.69, 9.17) is 4.98 Å². The van der Waals surface area contributed by atoms with Gasteiger partial charge in [-0.3, -0.25) is 4.79 Å². The summed E-state index contributed by atoms with van der Waals surface area (Å²) in [6, 6.07) is 7.62. The number of imidazole rings is 1. The van der Waals surface area contributed by atoms with Gasteiger partial charge in [0.15, 0.2) is 5.82 Å². The van der Waals surface area contributed by atoms with Gasteiger partial charge in [-0.25, -0.2) is 9.97 Å². The van der Waals surface area contributed by atoms with Crippen molar-refractivity contribution < 1.29 is 4.79 Å². The van der Waals surface area contributed by atoms with Gasteiger partial charge in [-0.15, -0.1) is 0 Å². The van der Waals surface area contributed by atoms with Crippen LogP contribution >= 0.6 is 15.9 Å². The quantitative estimate of drug-likeness (QED) is 0.536. The number of nitrogens with one attached hydrogen (secondary N) is 1. The summed E-state index contributed by atoms with van der Waals surface area (Å²) in [5.74, 6) is 0.654. The van der Waals surface area contributed by atoms with Crippen molar-refractivity contribution in [1.82, 2.24) is 24.8 Å². The summed E-state index contributed by atoms with van der Waals surface area (Å²) in [5.41, 5.74) is 2.08. The number of carbonyl (C=O) groups excluding carboxylic acids is 1. The fourth-order valence-corrected chi connectivity index (χ4v) is 3.61. The lowest BCUT2D eigenvalue weighted by molar-refractivity contribution is 0.0953. The van der Waals surface area contributed by atoms with Gasteiger partial charge >= 0.3 is 0 Å². The number of nitrogens with zero attached hydrogens (tertiary/aromatic N) is 4. The Morgan fingerprint density at radius 3 is 2.71 bits per heavy atom. The van der Waals surface area contributed by atoms with Crippen LogP contribution < -0.4 is 5.32 Å². The maximum atomic E-state index is 13.0. The highest BCUT2D eigenvalue weighted by molar-refractivity contribution is 9.10. The molecule has 0 radical (unpaired) electrons. The lowest BCUT2D eigenvalue weighted by Gasteiger charge is -2.17. The lowest BCUT2D eigenvalue weighted by Crippen LogP contribution is -2.30. The van der Waals surface area contributed by atoms with Crippen LogP contribution in [-0.4, -0.2) is 51.5 Å². The molecule has 0 fully saturated rings. The van der Waals surface area contributed by atoms with Gasteiger partial charge in [-0.05, 0) is 50.3 Å². The number of aromatic nitrogens is 3. The van der Waals surface area contributed by atoms with Gasteiger partial charge in [0.25, 0.3) is 5.91 Å². The first kappa shape index (κ1) is 20.5. The minimum atomic E-state index is -0.0829. The molecule has 0 unspecified atom stereocenters. The summed E-state index contributed by atoms with van der Waals surface area (Å²) in [6.07, 6.45) is 4.53. The molecule has 0 aliphatic carbocycles. The number of amides is 1. The third-order valence-corrected chi connectivity index (χ3v) is 5.39. The Bertz CT molecular complexity index is 965. The molecule has 0 aliphatic rings. The normalized spacial score (nSPS) is 11.3. The monoisotopic (exact) mass is 443 g/mol. The van der Waals surface area contributed by atoms with E-state index in [0.717, 1.165) is 47.3 Å². The van der Waals surface area contributed by atoms with Crippen molar-refractivity contribution in [3.8, 4) is 11.5 Å². The smallest absolute Gasteiger partial charge is 0.252 e. The van der Waals surface area contributed by atoms with Crippen LogP contribution in [0.25, 0.3) is 22.4 Å². The van der Waals surface area contributed by atoms with E-state index >= 15 is 0 Å². The highest BCUT2D eigenvalue weighted by Gasteiger charge is 2.16.